The predicted octanol–water partition coefficient (Wildman–Crippen LogP) is 7.34. The number of hydrogen-bond acceptors (Lipinski definition) is 1. The minimum atomic E-state index is -0.123. The molecule has 0 heterocycles. The van der Waals surface area contributed by atoms with Gasteiger partial charge in [0, 0.05) is 0 Å². The van der Waals surface area contributed by atoms with E-state index in [0.29, 0.717) is 11.3 Å². The third-order valence-electron chi connectivity index (χ3n) is 7.66. The number of rotatable bonds is 2. The molecular formula is C23H46O. The van der Waals surface area contributed by atoms with E-state index in [1.165, 1.54) is 6.42 Å². The van der Waals surface area contributed by atoms with Crippen LogP contribution in [0, 0.1) is 33.0 Å². The summed E-state index contributed by atoms with van der Waals surface area (Å²) >= 11 is 0. The summed E-state index contributed by atoms with van der Waals surface area (Å²) in [6.45, 7) is 33.4. The Bertz CT molecular complexity index is 379. The van der Waals surface area contributed by atoms with Gasteiger partial charge in [0.2, 0.25) is 0 Å². The quantitative estimate of drug-likeness (QED) is 0.511. The van der Waals surface area contributed by atoms with Crippen molar-refractivity contribution >= 4 is 0 Å². The van der Waals surface area contributed by atoms with E-state index in [-0.39, 0.29) is 33.4 Å². The van der Waals surface area contributed by atoms with Crippen LogP contribution < -0.4 is 0 Å². The normalized spacial score (nSPS) is 31.8. The van der Waals surface area contributed by atoms with Crippen LogP contribution in [0.3, 0.4) is 0 Å². The summed E-state index contributed by atoms with van der Waals surface area (Å²) in [5, 5.41) is 0. The van der Waals surface area contributed by atoms with E-state index in [1.807, 2.05) is 0 Å². The monoisotopic (exact) mass is 338 g/mol. The molecule has 0 aromatic rings. The fraction of sp³-hybridized carbons (Fsp3) is 1.00. The highest BCUT2D eigenvalue weighted by molar-refractivity contribution is 5.14. The van der Waals surface area contributed by atoms with Crippen LogP contribution in [-0.2, 0) is 4.74 Å². The molecule has 0 spiro atoms. The zero-order valence-corrected chi connectivity index (χ0v) is 19.3. The van der Waals surface area contributed by atoms with Gasteiger partial charge >= 0.3 is 0 Å². The van der Waals surface area contributed by atoms with Crippen LogP contribution >= 0.6 is 0 Å². The molecule has 0 saturated heterocycles. The molecular weight excluding hydrogens is 292 g/mol. The summed E-state index contributed by atoms with van der Waals surface area (Å²) < 4.78 is 6.76. The summed E-state index contributed by atoms with van der Waals surface area (Å²) in [7, 11) is 0. The van der Waals surface area contributed by atoms with Gasteiger partial charge < -0.3 is 4.74 Å². The molecule has 144 valence electrons. The predicted molar refractivity (Wildman–Crippen MR) is 107 cm³/mol. The second kappa shape index (κ2) is 5.73. The van der Waals surface area contributed by atoms with Crippen LogP contribution in [-0.4, -0.2) is 11.7 Å². The van der Waals surface area contributed by atoms with Gasteiger partial charge in [-0.1, -0.05) is 76.2 Å². The number of hydrogen-bond donors (Lipinski definition) is 0. The van der Waals surface area contributed by atoms with Crippen LogP contribution in [0.1, 0.15) is 103 Å². The van der Waals surface area contributed by atoms with E-state index in [0.717, 1.165) is 0 Å². The second-order valence-corrected chi connectivity index (χ2v) is 12.8. The fourth-order valence-electron chi connectivity index (χ4n) is 5.15. The summed E-state index contributed by atoms with van der Waals surface area (Å²) in [5.41, 5.74) is 0.834. The maximum atomic E-state index is 6.76. The third kappa shape index (κ3) is 3.57. The van der Waals surface area contributed by atoms with Crippen LogP contribution in [0.2, 0.25) is 0 Å². The van der Waals surface area contributed by atoms with Crippen molar-refractivity contribution in [3.8, 4) is 0 Å². The zero-order valence-electron chi connectivity index (χ0n) is 19.3. The number of ether oxygens (including phenoxy) is 1. The molecule has 0 aromatic heterocycles. The molecule has 1 saturated carbocycles. The molecule has 0 radical (unpaired) electrons. The third-order valence-corrected chi connectivity index (χ3v) is 7.66. The van der Waals surface area contributed by atoms with E-state index in [1.54, 1.807) is 0 Å². The van der Waals surface area contributed by atoms with Gasteiger partial charge in [-0.3, -0.25) is 0 Å². The molecule has 0 amide bonds. The van der Waals surface area contributed by atoms with Gasteiger partial charge in [-0.2, -0.15) is 0 Å². The lowest BCUT2D eigenvalue weighted by atomic mass is 9.38. The van der Waals surface area contributed by atoms with Crippen molar-refractivity contribution < 1.29 is 4.74 Å². The molecule has 1 fully saturated rings. The van der Waals surface area contributed by atoms with E-state index >= 15 is 0 Å². The summed E-state index contributed by atoms with van der Waals surface area (Å²) in [6, 6.07) is 0. The zero-order chi connectivity index (χ0) is 19.6. The summed E-state index contributed by atoms with van der Waals surface area (Å²) in [4.78, 5) is 0. The van der Waals surface area contributed by atoms with E-state index in [2.05, 4.69) is 96.9 Å². The molecule has 1 nitrogen and oxygen atoms in total. The highest BCUT2D eigenvalue weighted by atomic mass is 16.5. The van der Waals surface area contributed by atoms with Gasteiger partial charge in [-0.25, -0.2) is 0 Å². The van der Waals surface area contributed by atoms with E-state index in [9.17, 15) is 0 Å². The van der Waals surface area contributed by atoms with Crippen molar-refractivity contribution in [2.45, 2.75) is 115 Å². The molecule has 1 aliphatic carbocycles. The Hall–Kier alpha value is -0.0400. The SMILES string of the molecule is CC(C)(C)CC1C(C)(C)C(C)(C)C(OC(C)(C)C)C(C)(C)C1(C)C. The molecule has 0 aliphatic heterocycles. The van der Waals surface area contributed by atoms with Crippen LogP contribution in [0.4, 0.5) is 0 Å². The molecule has 1 aliphatic rings. The van der Waals surface area contributed by atoms with Gasteiger partial charge in [-0.15, -0.1) is 0 Å². The van der Waals surface area contributed by atoms with Crippen LogP contribution in [0.15, 0.2) is 0 Å². The largest absolute Gasteiger partial charge is 0.371 e. The van der Waals surface area contributed by atoms with Crippen molar-refractivity contribution in [3.63, 3.8) is 0 Å². The lowest BCUT2D eigenvalue weighted by molar-refractivity contribution is -0.279. The topological polar surface area (TPSA) is 9.23 Å². The second-order valence-electron chi connectivity index (χ2n) is 12.8. The van der Waals surface area contributed by atoms with Crippen molar-refractivity contribution in [2.75, 3.05) is 0 Å². The average molecular weight is 339 g/mol. The van der Waals surface area contributed by atoms with Crippen LogP contribution in [0.25, 0.3) is 0 Å². The average Bonchev–Trinajstić information content (AvgIpc) is 2.28. The van der Waals surface area contributed by atoms with Gasteiger partial charge in [-0.05, 0) is 60.2 Å². The molecule has 0 N–H and O–H groups in total. The lowest BCUT2D eigenvalue weighted by Crippen LogP contribution is -2.67. The van der Waals surface area contributed by atoms with Crippen molar-refractivity contribution in [3.05, 3.63) is 0 Å². The molecule has 0 unspecified atom stereocenters. The molecule has 24 heavy (non-hydrogen) atoms. The first kappa shape index (κ1) is 22.0. The Labute approximate surface area is 153 Å². The minimum Gasteiger partial charge on any atom is -0.371 e. The molecule has 0 aromatic carbocycles. The van der Waals surface area contributed by atoms with Gasteiger partial charge in [0.05, 0.1) is 11.7 Å². The Kier molecular flexibility index (Phi) is 5.25. The maximum absolute atomic E-state index is 6.76. The highest BCUT2D eigenvalue weighted by Crippen LogP contribution is 2.69. The Morgan fingerprint density at radius 3 is 1.21 bits per heavy atom. The standard InChI is InChI=1S/C23H46O/c1-18(2,3)15-16-20(7,8)22(11,12)17(24-19(4,5)6)23(13,14)21(16,9)10/h16-17H,15H2,1-14H3. The summed E-state index contributed by atoms with van der Waals surface area (Å²) in [6.07, 6.45) is 1.48. The van der Waals surface area contributed by atoms with Crippen molar-refractivity contribution in [1.82, 2.24) is 0 Å². The summed E-state index contributed by atoms with van der Waals surface area (Å²) in [5.74, 6) is 0.648. The van der Waals surface area contributed by atoms with Gasteiger partial charge in [0.25, 0.3) is 0 Å². The van der Waals surface area contributed by atoms with Crippen LogP contribution in [0.5, 0.6) is 0 Å². The van der Waals surface area contributed by atoms with Gasteiger partial charge in [0.1, 0.15) is 0 Å². The Balaban J connectivity index is 3.54. The Morgan fingerprint density at radius 1 is 0.625 bits per heavy atom. The highest BCUT2D eigenvalue weighted by Gasteiger charge is 2.66. The smallest absolute Gasteiger partial charge is 0.0694 e. The Morgan fingerprint density at radius 2 is 0.958 bits per heavy atom. The van der Waals surface area contributed by atoms with Crippen molar-refractivity contribution in [2.24, 2.45) is 33.0 Å². The first-order valence-corrected chi connectivity index (χ1v) is 9.86. The fourth-order valence-corrected chi connectivity index (χ4v) is 5.15. The molecule has 1 rings (SSSR count). The maximum Gasteiger partial charge on any atom is 0.0694 e. The first-order chi connectivity index (χ1) is 10.2. The minimum absolute atomic E-state index is 0.106. The van der Waals surface area contributed by atoms with Crippen molar-refractivity contribution in [1.29, 1.82) is 0 Å². The van der Waals surface area contributed by atoms with E-state index in [4.69, 9.17) is 4.74 Å². The van der Waals surface area contributed by atoms with Gasteiger partial charge in [0.15, 0.2) is 0 Å². The first-order valence-electron chi connectivity index (χ1n) is 9.86. The lowest BCUT2D eigenvalue weighted by Gasteiger charge is -2.69. The molecule has 0 bridgehead atoms. The molecule has 1 heteroatoms. The van der Waals surface area contributed by atoms with E-state index < -0.39 is 0 Å². The molecule has 0 atom stereocenters.